The van der Waals surface area contributed by atoms with Crippen LogP contribution in [0, 0.1) is 17.0 Å². The third-order valence-corrected chi connectivity index (χ3v) is 4.75. The molecule has 154 valence electrons. The van der Waals surface area contributed by atoms with Gasteiger partial charge in [-0.05, 0) is 43.7 Å². The van der Waals surface area contributed by atoms with E-state index in [4.69, 9.17) is 4.74 Å². The van der Waals surface area contributed by atoms with Gasteiger partial charge in [-0.15, -0.1) is 0 Å². The standard InChI is InChI=1S/C24H24N2O4/c1-3-30-22-13-11-20(12-14-22)25-23(19-5-4-6-21(15-19)26(28)29)16-24(27)18-9-7-17(2)8-10-18/h4-15,23,25H,3,16H2,1-2H3. The summed E-state index contributed by atoms with van der Waals surface area (Å²) in [7, 11) is 0. The minimum Gasteiger partial charge on any atom is -0.494 e. The van der Waals surface area contributed by atoms with Crippen LogP contribution in [0.1, 0.15) is 40.9 Å². The van der Waals surface area contributed by atoms with Crippen molar-refractivity contribution in [1.82, 2.24) is 0 Å². The van der Waals surface area contributed by atoms with Crippen LogP contribution >= 0.6 is 0 Å². The molecule has 0 saturated carbocycles. The first-order chi connectivity index (χ1) is 14.5. The maximum absolute atomic E-state index is 12.9. The van der Waals surface area contributed by atoms with Gasteiger partial charge in [-0.2, -0.15) is 0 Å². The number of anilines is 1. The van der Waals surface area contributed by atoms with Gasteiger partial charge in [0.1, 0.15) is 5.75 Å². The highest BCUT2D eigenvalue weighted by molar-refractivity contribution is 5.96. The third-order valence-electron chi connectivity index (χ3n) is 4.75. The van der Waals surface area contributed by atoms with E-state index in [1.54, 1.807) is 24.3 Å². The van der Waals surface area contributed by atoms with Crippen LogP contribution in [0.3, 0.4) is 0 Å². The number of nitro benzene ring substituents is 1. The van der Waals surface area contributed by atoms with Crippen molar-refractivity contribution in [2.45, 2.75) is 26.3 Å². The second kappa shape index (κ2) is 9.69. The van der Waals surface area contributed by atoms with Gasteiger partial charge in [-0.1, -0.05) is 42.0 Å². The lowest BCUT2D eigenvalue weighted by atomic mass is 9.96. The molecule has 1 unspecified atom stereocenters. The van der Waals surface area contributed by atoms with Gasteiger partial charge in [0.2, 0.25) is 0 Å². The average molecular weight is 404 g/mol. The summed E-state index contributed by atoms with van der Waals surface area (Å²) < 4.78 is 5.47. The number of nitrogens with zero attached hydrogens (tertiary/aromatic N) is 1. The number of nitro groups is 1. The van der Waals surface area contributed by atoms with E-state index in [9.17, 15) is 14.9 Å². The van der Waals surface area contributed by atoms with Gasteiger partial charge >= 0.3 is 0 Å². The normalized spacial score (nSPS) is 11.5. The monoisotopic (exact) mass is 404 g/mol. The quantitative estimate of drug-likeness (QED) is 0.280. The Labute approximate surface area is 175 Å². The molecular formula is C24H24N2O4. The summed E-state index contributed by atoms with van der Waals surface area (Å²) in [6, 6.07) is 20.8. The fraction of sp³-hybridized carbons (Fsp3) is 0.208. The Kier molecular flexibility index (Phi) is 6.80. The Morgan fingerprint density at radius 3 is 2.40 bits per heavy atom. The second-order valence-corrected chi connectivity index (χ2v) is 7.00. The van der Waals surface area contributed by atoms with Crippen LogP contribution < -0.4 is 10.1 Å². The first-order valence-electron chi connectivity index (χ1n) is 9.80. The summed E-state index contributed by atoms with van der Waals surface area (Å²) in [4.78, 5) is 23.7. The molecular weight excluding hydrogens is 380 g/mol. The molecule has 0 amide bonds. The number of rotatable bonds is 9. The van der Waals surface area contributed by atoms with Crippen LogP contribution in [0.15, 0.2) is 72.8 Å². The molecule has 0 radical (unpaired) electrons. The van der Waals surface area contributed by atoms with E-state index >= 15 is 0 Å². The van der Waals surface area contributed by atoms with E-state index < -0.39 is 11.0 Å². The highest BCUT2D eigenvalue weighted by Gasteiger charge is 2.19. The SMILES string of the molecule is CCOc1ccc(NC(CC(=O)c2ccc(C)cc2)c2cccc([N+](=O)[O-])c2)cc1. The van der Waals surface area contributed by atoms with Gasteiger partial charge in [0.15, 0.2) is 5.78 Å². The van der Waals surface area contributed by atoms with E-state index in [0.717, 1.165) is 17.0 Å². The molecule has 0 heterocycles. The number of carbonyl (C=O) groups is 1. The van der Waals surface area contributed by atoms with Crippen molar-refractivity contribution in [2.75, 3.05) is 11.9 Å². The van der Waals surface area contributed by atoms with E-state index in [-0.39, 0.29) is 17.9 Å². The Morgan fingerprint density at radius 1 is 1.07 bits per heavy atom. The van der Waals surface area contributed by atoms with Crippen molar-refractivity contribution in [3.05, 3.63) is 99.6 Å². The summed E-state index contributed by atoms with van der Waals surface area (Å²) in [5, 5.41) is 14.6. The molecule has 3 aromatic carbocycles. The molecule has 0 aliphatic heterocycles. The average Bonchev–Trinajstić information content (AvgIpc) is 2.75. The smallest absolute Gasteiger partial charge is 0.269 e. The Hall–Kier alpha value is -3.67. The molecule has 6 nitrogen and oxygen atoms in total. The highest BCUT2D eigenvalue weighted by Crippen LogP contribution is 2.28. The molecule has 0 fully saturated rings. The van der Waals surface area contributed by atoms with Crippen LogP contribution in [-0.2, 0) is 0 Å². The lowest BCUT2D eigenvalue weighted by Crippen LogP contribution is -2.16. The number of hydrogen-bond acceptors (Lipinski definition) is 5. The molecule has 3 aromatic rings. The molecule has 0 aliphatic carbocycles. The Balaban J connectivity index is 1.87. The molecule has 0 bridgehead atoms. The van der Waals surface area contributed by atoms with Crippen molar-refractivity contribution < 1.29 is 14.5 Å². The van der Waals surface area contributed by atoms with Crippen LogP contribution in [0.2, 0.25) is 0 Å². The molecule has 0 aliphatic rings. The van der Waals surface area contributed by atoms with Crippen molar-refractivity contribution in [2.24, 2.45) is 0 Å². The van der Waals surface area contributed by atoms with E-state index in [1.807, 2.05) is 50.2 Å². The zero-order chi connectivity index (χ0) is 21.5. The third kappa shape index (κ3) is 5.44. The predicted octanol–water partition coefficient (Wildman–Crippen LogP) is 5.73. The number of ketones is 1. The molecule has 0 saturated heterocycles. The van der Waals surface area contributed by atoms with Crippen molar-refractivity contribution >= 4 is 17.2 Å². The molecule has 1 atom stereocenters. The summed E-state index contributed by atoms with van der Waals surface area (Å²) >= 11 is 0. The summed E-state index contributed by atoms with van der Waals surface area (Å²) in [5.74, 6) is 0.718. The Morgan fingerprint density at radius 2 is 1.77 bits per heavy atom. The fourth-order valence-electron chi connectivity index (χ4n) is 3.17. The summed E-state index contributed by atoms with van der Waals surface area (Å²) in [6.45, 7) is 4.46. The second-order valence-electron chi connectivity index (χ2n) is 7.00. The van der Waals surface area contributed by atoms with Crippen LogP contribution in [0.4, 0.5) is 11.4 Å². The molecule has 6 heteroatoms. The topological polar surface area (TPSA) is 81.5 Å². The zero-order valence-electron chi connectivity index (χ0n) is 17.0. The molecule has 30 heavy (non-hydrogen) atoms. The first-order valence-corrected chi connectivity index (χ1v) is 9.80. The number of hydrogen-bond donors (Lipinski definition) is 1. The van der Waals surface area contributed by atoms with Crippen LogP contribution in [0.5, 0.6) is 5.75 Å². The summed E-state index contributed by atoms with van der Waals surface area (Å²) in [5.41, 5.74) is 3.16. The van der Waals surface area contributed by atoms with Crippen molar-refractivity contribution in [3.63, 3.8) is 0 Å². The lowest BCUT2D eigenvalue weighted by molar-refractivity contribution is -0.384. The molecule has 1 N–H and O–H groups in total. The minimum absolute atomic E-state index is 0.00576. The van der Waals surface area contributed by atoms with E-state index in [0.29, 0.717) is 17.7 Å². The summed E-state index contributed by atoms with van der Waals surface area (Å²) in [6.07, 6.45) is 0.164. The van der Waals surface area contributed by atoms with Gasteiger partial charge in [-0.25, -0.2) is 0 Å². The fourth-order valence-corrected chi connectivity index (χ4v) is 3.17. The number of Topliss-reactive ketones (excluding diaryl/α,β-unsaturated/α-hetero) is 1. The highest BCUT2D eigenvalue weighted by atomic mass is 16.6. The number of benzene rings is 3. The van der Waals surface area contributed by atoms with Crippen LogP contribution in [-0.4, -0.2) is 17.3 Å². The van der Waals surface area contributed by atoms with Gasteiger partial charge in [0, 0.05) is 29.8 Å². The zero-order valence-corrected chi connectivity index (χ0v) is 17.0. The van der Waals surface area contributed by atoms with Gasteiger partial charge in [-0.3, -0.25) is 14.9 Å². The van der Waals surface area contributed by atoms with Gasteiger partial charge in [0.05, 0.1) is 17.6 Å². The van der Waals surface area contributed by atoms with E-state index in [1.165, 1.54) is 12.1 Å². The van der Waals surface area contributed by atoms with Gasteiger partial charge in [0.25, 0.3) is 5.69 Å². The van der Waals surface area contributed by atoms with Crippen molar-refractivity contribution in [3.8, 4) is 5.75 Å². The maximum Gasteiger partial charge on any atom is 0.269 e. The molecule has 0 spiro atoms. The van der Waals surface area contributed by atoms with E-state index in [2.05, 4.69) is 5.32 Å². The number of carbonyl (C=O) groups excluding carboxylic acids is 1. The number of non-ortho nitro benzene ring substituents is 1. The predicted molar refractivity (Wildman–Crippen MR) is 117 cm³/mol. The van der Waals surface area contributed by atoms with Crippen LogP contribution in [0.25, 0.3) is 0 Å². The van der Waals surface area contributed by atoms with Crippen molar-refractivity contribution in [1.29, 1.82) is 0 Å². The molecule has 3 rings (SSSR count). The maximum atomic E-state index is 12.9. The number of ether oxygens (including phenoxy) is 1. The number of aryl methyl sites for hydroxylation is 1. The Bertz CT molecular complexity index is 1010. The lowest BCUT2D eigenvalue weighted by Gasteiger charge is -2.20. The molecule has 0 aromatic heterocycles. The first kappa shape index (κ1) is 21.0. The minimum atomic E-state index is -0.431. The largest absolute Gasteiger partial charge is 0.494 e. The van der Waals surface area contributed by atoms with Gasteiger partial charge < -0.3 is 10.1 Å². The number of nitrogens with one attached hydrogen (secondary N) is 1.